The van der Waals surface area contributed by atoms with Crippen LogP contribution >= 0.6 is 0 Å². The van der Waals surface area contributed by atoms with E-state index in [4.69, 9.17) is 4.98 Å². The van der Waals surface area contributed by atoms with Crippen molar-refractivity contribution in [3.8, 4) is 0 Å². The van der Waals surface area contributed by atoms with Gasteiger partial charge in [-0.3, -0.25) is 0 Å². The quantitative estimate of drug-likeness (QED) is 0.933. The molecule has 2 fully saturated rings. The summed E-state index contributed by atoms with van der Waals surface area (Å²) in [6.07, 6.45) is 7.28. The third kappa shape index (κ3) is 2.69. The zero-order valence-electron chi connectivity index (χ0n) is 12.3. The number of halogens is 1. The number of aryl methyl sites for hydroxylation is 1. The topological polar surface area (TPSA) is 29.9 Å². The van der Waals surface area contributed by atoms with Gasteiger partial charge in [-0.2, -0.15) is 0 Å². The normalized spacial score (nSPS) is 22.8. The van der Waals surface area contributed by atoms with Crippen LogP contribution in [0.1, 0.15) is 44.0 Å². The monoisotopic (exact) mass is 287 g/mol. The van der Waals surface area contributed by atoms with Crippen molar-refractivity contribution in [2.24, 2.45) is 5.92 Å². The molecule has 2 heterocycles. The van der Waals surface area contributed by atoms with Gasteiger partial charge in [0, 0.05) is 18.5 Å². The molecule has 2 aliphatic rings. The lowest BCUT2D eigenvalue weighted by Crippen LogP contribution is -2.30. The number of hydrogen-bond acceptors (Lipinski definition) is 2. The fraction of sp³-hybridized carbons (Fsp3) is 0.588. The maximum atomic E-state index is 13.4. The molecule has 0 radical (unpaired) electrons. The van der Waals surface area contributed by atoms with E-state index in [2.05, 4.69) is 9.88 Å². The van der Waals surface area contributed by atoms with Crippen LogP contribution < -0.4 is 5.32 Å². The van der Waals surface area contributed by atoms with E-state index in [1.165, 1.54) is 32.1 Å². The summed E-state index contributed by atoms with van der Waals surface area (Å²) in [5.74, 6) is 1.73. The van der Waals surface area contributed by atoms with E-state index in [0.29, 0.717) is 6.04 Å². The summed E-state index contributed by atoms with van der Waals surface area (Å²) in [5, 5.41) is 3.48. The molecular weight excluding hydrogens is 265 g/mol. The molecule has 2 aromatic rings. The number of fused-ring (bicyclic) bond motifs is 1. The van der Waals surface area contributed by atoms with Crippen LogP contribution in [-0.2, 0) is 6.42 Å². The Labute approximate surface area is 124 Å². The van der Waals surface area contributed by atoms with Crippen molar-refractivity contribution in [3.63, 3.8) is 0 Å². The van der Waals surface area contributed by atoms with Crippen molar-refractivity contribution in [1.82, 2.24) is 14.9 Å². The van der Waals surface area contributed by atoms with Gasteiger partial charge in [0.25, 0.3) is 0 Å². The molecule has 1 aliphatic heterocycles. The molecular formula is C17H22FN3. The maximum absolute atomic E-state index is 13.4. The Morgan fingerprint density at radius 1 is 1.29 bits per heavy atom. The number of aromatic nitrogens is 2. The summed E-state index contributed by atoms with van der Waals surface area (Å²) in [5.41, 5.74) is 1.93. The summed E-state index contributed by atoms with van der Waals surface area (Å²) >= 11 is 0. The molecule has 0 spiro atoms. The van der Waals surface area contributed by atoms with Gasteiger partial charge in [-0.25, -0.2) is 9.37 Å². The Balaban J connectivity index is 1.59. The number of nitrogens with zero attached hydrogens (tertiary/aromatic N) is 2. The molecule has 0 amide bonds. The third-order valence-corrected chi connectivity index (χ3v) is 4.81. The molecule has 3 nitrogen and oxygen atoms in total. The van der Waals surface area contributed by atoms with Crippen LogP contribution in [0.2, 0.25) is 0 Å². The first kappa shape index (κ1) is 13.3. The van der Waals surface area contributed by atoms with Crippen LogP contribution in [0.15, 0.2) is 18.2 Å². The SMILES string of the molecule is Fc1ccc2c(c1)nc(CCC1CCCNC1)n2C1CC1. The second-order valence-corrected chi connectivity index (χ2v) is 6.51. The summed E-state index contributed by atoms with van der Waals surface area (Å²) in [4.78, 5) is 4.72. The molecule has 1 unspecified atom stereocenters. The predicted molar refractivity (Wildman–Crippen MR) is 81.9 cm³/mol. The maximum Gasteiger partial charge on any atom is 0.125 e. The molecule has 21 heavy (non-hydrogen) atoms. The summed E-state index contributed by atoms with van der Waals surface area (Å²) in [7, 11) is 0. The molecule has 1 atom stereocenters. The van der Waals surface area contributed by atoms with Gasteiger partial charge in [-0.15, -0.1) is 0 Å². The first-order chi connectivity index (χ1) is 10.3. The molecule has 1 saturated heterocycles. The van der Waals surface area contributed by atoms with E-state index >= 15 is 0 Å². The molecule has 1 aliphatic carbocycles. The lowest BCUT2D eigenvalue weighted by Gasteiger charge is -2.22. The van der Waals surface area contributed by atoms with Gasteiger partial charge in [0.05, 0.1) is 11.0 Å². The Morgan fingerprint density at radius 2 is 2.19 bits per heavy atom. The molecule has 4 heteroatoms. The van der Waals surface area contributed by atoms with Gasteiger partial charge in [0.15, 0.2) is 0 Å². The van der Waals surface area contributed by atoms with Crippen molar-refractivity contribution in [3.05, 3.63) is 29.8 Å². The van der Waals surface area contributed by atoms with E-state index in [1.54, 1.807) is 12.1 Å². The van der Waals surface area contributed by atoms with E-state index in [0.717, 1.165) is 42.3 Å². The zero-order chi connectivity index (χ0) is 14.2. The minimum atomic E-state index is -0.189. The molecule has 4 rings (SSSR count). The minimum absolute atomic E-state index is 0.189. The Hall–Kier alpha value is -1.42. The van der Waals surface area contributed by atoms with Crippen molar-refractivity contribution >= 4 is 11.0 Å². The number of benzene rings is 1. The predicted octanol–water partition coefficient (Wildman–Crippen LogP) is 3.44. The lowest BCUT2D eigenvalue weighted by atomic mass is 9.94. The van der Waals surface area contributed by atoms with Crippen molar-refractivity contribution < 1.29 is 4.39 Å². The fourth-order valence-electron chi connectivity index (χ4n) is 3.54. The number of piperidine rings is 1. The van der Waals surface area contributed by atoms with Crippen molar-refractivity contribution in [2.45, 2.75) is 44.6 Å². The highest BCUT2D eigenvalue weighted by Gasteiger charge is 2.28. The highest BCUT2D eigenvalue weighted by atomic mass is 19.1. The average Bonchev–Trinajstić information content (AvgIpc) is 3.27. The Morgan fingerprint density at radius 3 is 2.95 bits per heavy atom. The molecule has 1 aromatic heterocycles. The first-order valence-corrected chi connectivity index (χ1v) is 8.18. The largest absolute Gasteiger partial charge is 0.325 e. The van der Waals surface area contributed by atoms with Gasteiger partial charge in [0.1, 0.15) is 11.6 Å². The standard InChI is InChI=1S/C17H22FN3/c18-13-4-7-16-15(10-13)20-17(21(16)14-5-6-14)8-3-12-2-1-9-19-11-12/h4,7,10,12,14,19H,1-3,5-6,8-9,11H2. The van der Waals surface area contributed by atoms with E-state index in [9.17, 15) is 4.39 Å². The van der Waals surface area contributed by atoms with Gasteiger partial charge in [0.2, 0.25) is 0 Å². The molecule has 1 saturated carbocycles. The van der Waals surface area contributed by atoms with Gasteiger partial charge >= 0.3 is 0 Å². The Kier molecular flexibility index (Phi) is 3.42. The zero-order valence-corrected chi connectivity index (χ0v) is 12.3. The molecule has 1 N–H and O–H groups in total. The number of rotatable bonds is 4. The minimum Gasteiger partial charge on any atom is -0.325 e. The molecule has 1 aromatic carbocycles. The third-order valence-electron chi connectivity index (χ3n) is 4.81. The van der Waals surface area contributed by atoms with Crippen LogP contribution in [0.5, 0.6) is 0 Å². The van der Waals surface area contributed by atoms with Gasteiger partial charge in [-0.1, -0.05) is 0 Å². The number of hydrogen-bond donors (Lipinski definition) is 1. The highest BCUT2D eigenvalue weighted by molar-refractivity contribution is 5.76. The second kappa shape index (κ2) is 5.41. The van der Waals surface area contributed by atoms with Crippen LogP contribution in [0.3, 0.4) is 0 Å². The summed E-state index contributed by atoms with van der Waals surface area (Å²) in [6, 6.07) is 5.61. The summed E-state index contributed by atoms with van der Waals surface area (Å²) < 4.78 is 15.8. The van der Waals surface area contributed by atoms with Gasteiger partial charge < -0.3 is 9.88 Å². The van der Waals surface area contributed by atoms with Crippen LogP contribution in [0.4, 0.5) is 4.39 Å². The van der Waals surface area contributed by atoms with Crippen LogP contribution in [0.25, 0.3) is 11.0 Å². The lowest BCUT2D eigenvalue weighted by molar-refractivity contribution is 0.354. The Bertz CT molecular complexity index is 639. The van der Waals surface area contributed by atoms with E-state index in [-0.39, 0.29) is 5.82 Å². The van der Waals surface area contributed by atoms with Crippen LogP contribution in [-0.4, -0.2) is 22.6 Å². The number of nitrogens with one attached hydrogen (secondary N) is 1. The van der Waals surface area contributed by atoms with E-state index < -0.39 is 0 Å². The fourth-order valence-corrected chi connectivity index (χ4v) is 3.54. The van der Waals surface area contributed by atoms with Crippen molar-refractivity contribution in [1.29, 1.82) is 0 Å². The average molecular weight is 287 g/mol. The van der Waals surface area contributed by atoms with Gasteiger partial charge in [-0.05, 0) is 63.2 Å². The highest BCUT2D eigenvalue weighted by Crippen LogP contribution is 2.39. The first-order valence-electron chi connectivity index (χ1n) is 8.18. The summed E-state index contributed by atoms with van der Waals surface area (Å²) in [6.45, 7) is 2.30. The second-order valence-electron chi connectivity index (χ2n) is 6.51. The van der Waals surface area contributed by atoms with Crippen LogP contribution in [0, 0.1) is 11.7 Å². The van der Waals surface area contributed by atoms with E-state index in [1.807, 2.05) is 6.07 Å². The molecule has 0 bridgehead atoms. The molecule has 112 valence electrons. The number of imidazole rings is 1. The van der Waals surface area contributed by atoms with Crippen molar-refractivity contribution in [2.75, 3.05) is 13.1 Å². The smallest absolute Gasteiger partial charge is 0.125 e.